The zero-order valence-electron chi connectivity index (χ0n) is 27.4. The molecule has 3 N–H and O–H groups in total. The number of amides is 3. The van der Waals surface area contributed by atoms with E-state index in [1.807, 2.05) is 48.5 Å². The van der Waals surface area contributed by atoms with E-state index in [9.17, 15) is 14.4 Å². The number of nitrogens with zero attached hydrogens (tertiary/aromatic N) is 5. The van der Waals surface area contributed by atoms with Gasteiger partial charge in [-0.05, 0) is 61.1 Å². The number of hydrogen-bond donors (Lipinski definition) is 3. The van der Waals surface area contributed by atoms with Crippen molar-refractivity contribution in [2.24, 2.45) is 0 Å². The number of hydrogen-bond acceptors (Lipinski definition) is 11. The Bertz CT molecular complexity index is 1830. The molecule has 0 aliphatic carbocycles. The Balaban J connectivity index is 0.000000187. The first-order chi connectivity index (χ1) is 24.6. The van der Waals surface area contributed by atoms with Crippen LogP contribution in [0, 0.1) is 0 Å². The second-order valence-electron chi connectivity index (χ2n) is 11.8. The minimum absolute atomic E-state index is 0.0941. The fourth-order valence-corrected chi connectivity index (χ4v) is 5.84. The van der Waals surface area contributed by atoms with Crippen LogP contribution in [0.2, 0.25) is 0 Å². The highest BCUT2D eigenvalue weighted by molar-refractivity contribution is 5.93. The molecule has 3 amide bonds. The van der Waals surface area contributed by atoms with Crippen molar-refractivity contribution in [1.29, 1.82) is 0 Å². The predicted molar refractivity (Wildman–Crippen MR) is 179 cm³/mol. The van der Waals surface area contributed by atoms with Gasteiger partial charge in [-0.1, -0.05) is 42.5 Å². The quantitative estimate of drug-likeness (QED) is 0.183. The van der Waals surface area contributed by atoms with E-state index in [2.05, 4.69) is 35.9 Å². The van der Waals surface area contributed by atoms with Gasteiger partial charge in [0.15, 0.2) is 35.7 Å². The smallest absolute Gasteiger partial charge is 0.410 e. The maximum atomic E-state index is 12.7. The van der Waals surface area contributed by atoms with Gasteiger partial charge in [-0.2, -0.15) is 0 Å². The van der Waals surface area contributed by atoms with E-state index < -0.39 is 6.09 Å². The third-order valence-corrected chi connectivity index (χ3v) is 8.34. The van der Waals surface area contributed by atoms with Crippen molar-refractivity contribution in [3.63, 3.8) is 0 Å². The molecule has 0 saturated carbocycles. The number of carbonyl (C=O) groups excluding carboxylic acids is 3. The van der Waals surface area contributed by atoms with Crippen molar-refractivity contribution >= 4 is 17.9 Å². The number of benzene rings is 1. The Morgan fingerprint density at radius 2 is 1.40 bits per heavy atom. The van der Waals surface area contributed by atoms with E-state index in [0.29, 0.717) is 43.3 Å². The summed E-state index contributed by atoms with van der Waals surface area (Å²) in [6.07, 6.45) is 12.4. The molecule has 5 aromatic rings. The minimum atomic E-state index is -0.431. The van der Waals surface area contributed by atoms with E-state index in [0.717, 1.165) is 42.5 Å². The first-order valence-corrected chi connectivity index (χ1v) is 16.5. The van der Waals surface area contributed by atoms with E-state index in [-0.39, 0.29) is 36.2 Å². The van der Waals surface area contributed by atoms with Crippen LogP contribution in [0.4, 0.5) is 4.79 Å². The van der Waals surface area contributed by atoms with Gasteiger partial charge >= 0.3 is 6.09 Å². The maximum absolute atomic E-state index is 12.7. The van der Waals surface area contributed by atoms with Crippen molar-refractivity contribution in [3.05, 3.63) is 132 Å². The van der Waals surface area contributed by atoms with Crippen LogP contribution in [0.3, 0.4) is 0 Å². The summed E-state index contributed by atoms with van der Waals surface area (Å²) < 4.78 is 16.4. The summed E-state index contributed by atoms with van der Waals surface area (Å²) in [5.74, 6) is 0.442. The lowest BCUT2D eigenvalue weighted by atomic mass is 10.1. The maximum Gasteiger partial charge on any atom is 0.410 e. The highest BCUT2D eigenvalue weighted by atomic mass is 16.6. The first kappa shape index (κ1) is 34.0. The molecule has 2 atom stereocenters. The van der Waals surface area contributed by atoms with Gasteiger partial charge in [-0.15, -0.1) is 0 Å². The third kappa shape index (κ3) is 8.76. The molecule has 14 heteroatoms. The number of ether oxygens (including phenoxy) is 1. The standard InChI is InChI=1S/C22H22N4O4.C14H16N4O2/c27-21(24-13-17-8-4-10-23-12-17)19-20(30-15-25-19)18-9-5-11-26(18)22(28)29-14-16-6-2-1-3-7-16;19-14(17-8-10-3-1-5-15-7-10)12-13(20-9-18-12)11-4-2-6-16-11/h1-4,6-8,10,12,15,18H,5,9,11,13-14H2,(H,24,27);1,3,5,7,9,11,16H,2,4,6,8H2,(H,17,19)/t18-;11-/m00/s1. The second kappa shape index (κ2) is 17.0. The van der Waals surface area contributed by atoms with Crippen LogP contribution in [-0.2, 0) is 24.4 Å². The Labute approximate surface area is 288 Å². The average molecular weight is 679 g/mol. The lowest BCUT2D eigenvalue weighted by molar-refractivity contribution is 0.0864. The highest BCUT2D eigenvalue weighted by Crippen LogP contribution is 2.34. The lowest BCUT2D eigenvalue weighted by Crippen LogP contribution is -2.32. The molecule has 7 rings (SSSR count). The Hall–Kier alpha value is -5.89. The van der Waals surface area contributed by atoms with Gasteiger partial charge in [0.25, 0.3) is 11.8 Å². The molecule has 1 aromatic carbocycles. The normalized spacial score (nSPS) is 16.7. The SMILES string of the molecule is O=C(NCc1cccnc1)c1ncoc1[C@@H]1CCCN1.O=C(NCc1cccnc1)c1ncoc1[C@@H]1CCCN1C(=O)OCc1ccccc1. The number of likely N-dealkylation sites (tertiary alicyclic amines) is 1. The summed E-state index contributed by atoms with van der Waals surface area (Å²) in [5, 5.41) is 8.96. The number of pyridine rings is 2. The van der Waals surface area contributed by atoms with Gasteiger partial charge in [-0.25, -0.2) is 14.8 Å². The second-order valence-corrected chi connectivity index (χ2v) is 11.8. The molecule has 2 aliphatic rings. The summed E-state index contributed by atoms with van der Waals surface area (Å²) in [4.78, 5) is 55.2. The number of aromatic nitrogens is 4. The lowest BCUT2D eigenvalue weighted by Gasteiger charge is -2.23. The Kier molecular flexibility index (Phi) is 11.5. The van der Waals surface area contributed by atoms with Crippen LogP contribution in [0.1, 0.15) is 87.0 Å². The van der Waals surface area contributed by atoms with Crippen molar-refractivity contribution < 1.29 is 28.0 Å². The zero-order chi connectivity index (χ0) is 34.5. The van der Waals surface area contributed by atoms with E-state index in [1.165, 1.54) is 12.8 Å². The van der Waals surface area contributed by atoms with E-state index >= 15 is 0 Å². The fraction of sp³-hybridized carbons (Fsp3) is 0.306. The predicted octanol–water partition coefficient (Wildman–Crippen LogP) is 4.90. The Morgan fingerprint density at radius 3 is 2.00 bits per heavy atom. The van der Waals surface area contributed by atoms with Crippen molar-refractivity contribution in [2.75, 3.05) is 13.1 Å². The molecule has 50 heavy (non-hydrogen) atoms. The summed E-state index contributed by atoms with van der Waals surface area (Å²) in [7, 11) is 0. The number of rotatable bonds is 10. The molecule has 0 bridgehead atoms. The third-order valence-electron chi connectivity index (χ3n) is 8.34. The molecular weight excluding hydrogens is 640 g/mol. The number of nitrogens with one attached hydrogen (secondary N) is 3. The fourth-order valence-electron chi connectivity index (χ4n) is 5.84. The number of carbonyl (C=O) groups is 3. The average Bonchev–Trinajstić information content (AvgIpc) is 4.00. The molecule has 4 aromatic heterocycles. The van der Waals surface area contributed by atoms with Gasteiger partial charge < -0.3 is 29.5 Å². The molecule has 14 nitrogen and oxygen atoms in total. The van der Waals surface area contributed by atoms with E-state index in [1.54, 1.807) is 35.8 Å². The van der Waals surface area contributed by atoms with Gasteiger partial charge in [0, 0.05) is 44.4 Å². The van der Waals surface area contributed by atoms with Crippen LogP contribution < -0.4 is 16.0 Å². The van der Waals surface area contributed by atoms with Gasteiger partial charge in [-0.3, -0.25) is 24.5 Å². The van der Waals surface area contributed by atoms with Crippen molar-refractivity contribution in [3.8, 4) is 0 Å². The van der Waals surface area contributed by atoms with Crippen LogP contribution in [0.5, 0.6) is 0 Å². The highest BCUT2D eigenvalue weighted by Gasteiger charge is 2.36. The molecule has 2 saturated heterocycles. The molecule has 6 heterocycles. The van der Waals surface area contributed by atoms with Gasteiger partial charge in [0.05, 0.1) is 12.1 Å². The van der Waals surface area contributed by atoms with E-state index in [4.69, 9.17) is 13.6 Å². The molecular formula is C36H38N8O6. The molecule has 0 spiro atoms. The molecule has 2 aliphatic heterocycles. The molecule has 2 fully saturated rings. The summed E-state index contributed by atoms with van der Waals surface area (Å²) >= 11 is 0. The number of oxazole rings is 2. The van der Waals surface area contributed by atoms with Crippen LogP contribution >= 0.6 is 0 Å². The monoisotopic (exact) mass is 678 g/mol. The largest absolute Gasteiger partial charge is 0.446 e. The summed E-state index contributed by atoms with van der Waals surface area (Å²) in [6.45, 7) is 2.43. The van der Waals surface area contributed by atoms with Crippen molar-refractivity contribution in [2.45, 2.75) is 57.5 Å². The summed E-state index contributed by atoms with van der Waals surface area (Å²) in [5.41, 5.74) is 3.30. The first-order valence-electron chi connectivity index (χ1n) is 16.5. The van der Waals surface area contributed by atoms with Gasteiger partial charge in [0.2, 0.25) is 0 Å². The minimum Gasteiger partial charge on any atom is -0.446 e. The zero-order valence-corrected chi connectivity index (χ0v) is 27.4. The molecule has 0 radical (unpaired) electrons. The molecule has 0 unspecified atom stereocenters. The van der Waals surface area contributed by atoms with Crippen LogP contribution in [-0.4, -0.2) is 55.8 Å². The van der Waals surface area contributed by atoms with Gasteiger partial charge in [0.1, 0.15) is 6.61 Å². The van der Waals surface area contributed by atoms with Crippen molar-refractivity contribution in [1.82, 2.24) is 40.8 Å². The topological polar surface area (TPSA) is 178 Å². The Morgan fingerprint density at radius 1 is 0.780 bits per heavy atom. The van der Waals surface area contributed by atoms with Crippen LogP contribution in [0.15, 0.2) is 101 Å². The summed E-state index contributed by atoms with van der Waals surface area (Å²) in [6, 6.07) is 16.6. The van der Waals surface area contributed by atoms with Crippen LogP contribution in [0.25, 0.3) is 0 Å². The molecule has 258 valence electrons.